The van der Waals surface area contributed by atoms with Crippen LogP contribution >= 0.6 is 11.6 Å². The summed E-state index contributed by atoms with van der Waals surface area (Å²) in [4.78, 5) is 15.7. The maximum absolute atomic E-state index is 13.0. The van der Waals surface area contributed by atoms with E-state index in [0.29, 0.717) is 5.69 Å². The number of nitrogens with one attached hydrogen (secondary N) is 1. The maximum Gasteiger partial charge on any atom is 0.255 e. The summed E-state index contributed by atoms with van der Waals surface area (Å²) in [6, 6.07) is 4.58. The molecule has 0 aliphatic heterocycles. The van der Waals surface area contributed by atoms with Gasteiger partial charge in [0.15, 0.2) is 16.8 Å². The van der Waals surface area contributed by atoms with Gasteiger partial charge in [0.1, 0.15) is 0 Å². The van der Waals surface area contributed by atoms with Crippen LogP contribution in [0.4, 0.5) is 14.5 Å². The summed E-state index contributed by atoms with van der Waals surface area (Å²) in [5.41, 5.74) is 1.06. The summed E-state index contributed by atoms with van der Waals surface area (Å²) < 4.78 is 25.8. The second kappa shape index (κ2) is 5.32. The zero-order valence-electron chi connectivity index (χ0n) is 9.88. The Bertz CT molecular complexity index is 626. The van der Waals surface area contributed by atoms with Gasteiger partial charge in [-0.1, -0.05) is 11.6 Å². The first kappa shape index (κ1) is 13.4. The van der Waals surface area contributed by atoms with Crippen molar-refractivity contribution >= 4 is 23.2 Å². The van der Waals surface area contributed by atoms with Crippen molar-refractivity contribution in [1.29, 1.82) is 0 Å². The summed E-state index contributed by atoms with van der Waals surface area (Å²) in [7, 11) is 0. The predicted octanol–water partition coefficient (Wildman–Crippen LogP) is 3.57. The van der Waals surface area contributed by atoms with E-state index in [1.54, 1.807) is 13.0 Å². The lowest BCUT2D eigenvalue weighted by Crippen LogP contribution is -2.14. The van der Waals surface area contributed by atoms with Crippen LogP contribution in [0.15, 0.2) is 30.5 Å². The minimum Gasteiger partial charge on any atom is -0.319 e. The van der Waals surface area contributed by atoms with E-state index in [2.05, 4.69) is 10.3 Å². The normalized spacial score (nSPS) is 10.3. The molecule has 1 heterocycles. The fourth-order valence-electron chi connectivity index (χ4n) is 1.50. The lowest BCUT2D eigenvalue weighted by Gasteiger charge is -2.09. The van der Waals surface area contributed by atoms with Crippen molar-refractivity contribution in [2.24, 2.45) is 0 Å². The first-order valence-electron chi connectivity index (χ1n) is 5.36. The molecule has 0 aliphatic rings. The number of aryl methyl sites for hydroxylation is 1. The smallest absolute Gasteiger partial charge is 0.255 e. The Morgan fingerprint density at radius 1 is 1.26 bits per heavy atom. The van der Waals surface area contributed by atoms with E-state index >= 15 is 0 Å². The topological polar surface area (TPSA) is 42.0 Å². The summed E-state index contributed by atoms with van der Waals surface area (Å²) in [6.07, 6.45) is 1.50. The fraction of sp³-hybridized carbons (Fsp3) is 0.0769. The van der Waals surface area contributed by atoms with Gasteiger partial charge in [-0.3, -0.25) is 4.79 Å². The van der Waals surface area contributed by atoms with Crippen LogP contribution in [0, 0.1) is 18.6 Å². The van der Waals surface area contributed by atoms with Gasteiger partial charge in [0.2, 0.25) is 0 Å². The molecule has 0 saturated carbocycles. The Morgan fingerprint density at radius 3 is 2.63 bits per heavy atom. The number of amides is 1. The van der Waals surface area contributed by atoms with E-state index in [-0.39, 0.29) is 10.7 Å². The number of anilines is 1. The highest BCUT2D eigenvalue weighted by Gasteiger charge is 2.13. The highest BCUT2D eigenvalue weighted by atomic mass is 35.5. The maximum atomic E-state index is 13.0. The van der Waals surface area contributed by atoms with Gasteiger partial charge in [-0.2, -0.15) is 0 Å². The molecule has 0 bridgehead atoms. The van der Waals surface area contributed by atoms with Gasteiger partial charge in [-0.15, -0.1) is 0 Å². The average molecular weight is 283 g/mol. The third-order valence-corrected chi connectivity index (χ3v) is 2.82. The number of rotatable bonds is 2. The molecule has 0 radical (unpaired) electrons. The molecule has 0 unspecified atom stereocenters. The molecule has 0 aliphatic carbocycles. The average Bonchev–Trinajstić information content (AvgIpc) is 2.37. The molecule has 1 N–H and O–H groups in total. The van der Waals surface area contributed by atoms with Crippen LogP contribution in [-0.2, 0) is 0 Å². The quantitative estimate of drug-likeness (QED) is 0.856. The molecule has 19 heavy (non-hydrogen) atoms. The monoisotopic (exact) mass is 282 g/mol. The lowest BCUT2D eigenvalue weighted by molar-refractivity contribution is 0.102. The molecule has 1 aromatic heterocycles. The highest BCUT2D eigenvalue weighted by Crippen LogP contribution is 2.23. The minimum absolute atomic E-state index is 0.00165. The molecule has 6 heteroatoms. The molecule has 98 valence electrons. The number of hydrogen-bond donors (Lipinski definition) is 1. The summed E-state index contributed by atoms with van der Waals surface area (Å²) >= 11 is 5.86. The van der Waals surface area contributed by atoms with Crippen molar-refractivity contribution in [3.63, 3.8) is 0 Å². The van der Waals surface area contributed by atoms with Gasteiger partial charge in [0, 0.05) is 11.8 Å². The third kappa shape index (κ3) is 2.88. The highest BCUT2D eigenvalue weighted by molar-refractivity contribution is 6.32. The Morgan fingerprint density at radius 2 is 2.00 bits per heavy atom. The van der Waals surface area contributed by atoms with Crippen LogP contribution in [0.25, 0.3) is 0 Å². The number of hydrogen-bond acceptors (Lipinski definition) is 2. The molecule has 2 aromatic rings. The number of carbonyl (C=O) groups is 1. The minimum atomic E-state index is -1.08. The number of aromatic nitrogens is 1. The van der Waals surface area contributed by atoms with Crippen molar-refractivity contribution < 1.29 is 13.6 Å². The molecular formula is C13H9ClF2N2O. The number of carbonyl (C=O) groups excluding carboxylic acids is 1. The van der Waals surface area contributed by atoms with Crippen LogP contribution in [0.5, 0.6) is 0 Å². The van der Waals surface area contributed by atoms with Gasteiger partial charge >= 0.3 is 0 Å². The van der Waals surface area contributed by atoms with Crippen LogP contribution in [-0.4, -0.2) is 10.9 Å². The third-order valence-electron chi connectivity index (χ3n) is 2.53. The molecule has 0 fully saturated rings. The first-order chi connectivity index (χ1) is 8.99. The second-order valence-corrected chi connectivity index (χ2v) is 4.23. The Balaban J connectivity index is 2.28. The van der Waals surface area contributed by atoms with Crippen LogP contribution in [0.2, 0.25) is 5.15 Å². The van der Waals surface area contributed by atoms with Crippen molar-refractivity contribution in [2.75, 3.05) is 5.32 Å². The van der Waals surface area contributed by atoms with Crippen molar-refractivity contribution in [3.05, 3.63) is 58.4 Å². The molecule has 1 aromatic carbocycles. The van der Waals surface area contributed by atoms with Crippen molar-refractivity contribution in [3.8, 4) is 0 Å². The van der Waals surface area contributed by atoms with E-state index in [1.807, 2.05) is 0 Å². The zero-order chi connectivity index (χ0) is 14.0. The number of halogens is 3. The summed E-state index contributed by atoms with van der Waals surface area (Å²) in [6.45, 7) is 1.74. The van der Waals surface area contributed by atoms with Crippen LogP contribution < -0.4 is 5.32 Å². The zero-order valence-corrected chi connectivity index (χ0v) is 10.6. The van der Waals surface area contributed by atoms with E-state index in [4.69, 9.17) is 11.6 Å². The number of benzene rings is 1. The number of pyridine rings is 1. The van der Waals surface area contributed by atoms with E-state index in [1.165, 1.54) is 12.3 Å². The molecule has 3 nitrogen and oxygen atoms in total. The molecular weight excluding hydrogens is 274 g/mol. The molecule has 0 atom stereocenters. The predicted molar refractivity (Wildman–Crippen MR) is 68.3 cm³/mol. The van der Waals surface area contributed by atoms with E-state index < -0.39 is 17.5 Å². The molecule has 2 rings (SSSR count). The standard InChI is InChI=1S/C13H9ClF2N2O/c1-7-4-5-17-12(14)11(7)18-13(19)8-2-3-9(15)10(16)6-8/h2-6H,1H3,(H,18,19). The Hall–Kier alpha value is -2.01. The van der Waals surface area contributed by atoms with Crippen LogP contribution in [0.3, 0.4) is 0 Å². The van der Waals surface area contributed by atoms with Crippen molar-refractivity contribution in [2.45, 2.75) is 6.92 Å². The van der Waals surface area contributed by atoms with Gasteiger partial charge < -0.3 is 5.32 Å². The Kier molecular flexibility index (Phi) is 3.76. The molecule has 0 saturated heterocycles. The largest absolute Gasteiger partial charge is 0.319 e. The van der Waals surface area contributed by atoms with Gasteiger partial charge in [0.25, 0.3) is 5.91 Å². The van der Waals surface area contributed by atoms with Gasteiger partial charge in [-0.25, -0.2) is 13.8 Å². The van der Waals surface area contributed by atoms with Gasteiger partial charge in [0.05, 0.1) is 5.69 Å². The molecule has 0 spiro atoms. The SMILES string of the molecule is Cc1ccnc(Cl)c1NC(=O)c1ccc(F)c(F)c1. The van der Waals surface area contributed by atoms with Crippen molar-refractivity contribution in [1.82, 2.24) is 4.98 Å². The fourth-order valence-corrected chi connectivity index (χ4v) is 1.75. The summed E-state index contributed by atoms with van der Waals surface area (Å²) in [5.74, 6) is -2.68. The molecule has 1 amide bonds. The number of nitrogens with zero attached hydrogens (tertiary/aromatic N) is 1. The van der Waals surface area contributed by atoms with Crippen LogP contribution in [0.1, 0.15) is 15.9 Å². The first-order valence-corrected chi connectivity index (χ1v) is 5.74. The van der Waals surface area contributed by atoms with E-state index in [9.17, 15) is 13.6 Å². The van der Waals surface area contributed by atoms with Gasteiger partial charge in [-0.05, 0) is 36.8 Å². The summed E-state index contributed by atoms with van der Waals surface area (Å²) in [5, 5.41) is 2.65. The van der Waals surface area contributed by atoms with E-state index in [0.717, 1.165) is 17.7 Å². The second-order valence-electron chi connectivity index (χ2n) is 3.88. The lowest BCUT2D eigenvalue weighted by atomic mass is 10.2. The Labute approximate surface area is 113 Å².